The van der Waals surface area contributed by atoms with Crippen molar-refractivity contribution in [3.05, 3.63) is 17.0 Å². The van der Waals surface area contributed by atoms with Gasteiger partial charge >= 0.3 is 0 Å². The van der Waals surface area contributed by atoms with Gasteiger partial charge in [-0.3, -0.25) is 4.68 Å². The van der Waals surface area contributed by atoms with E-state index >= 15 is 0 Å². The molecule has 3 unspecified atom stereocenters. The fraction of sp³-hybridized carbons (Fsp3) is 0.833. The van der Waals surface area contributed by atoms with Crippen LogP contribution in [0.15, 0.2) is 0 Å². The van der Waals surface area contributed by atoms with Crippen LogP contribution in [0.2, 0.25) is 0 Å². The predicted octanol–water partition coefficient (Wildman–Crippen LogP) is 4.29. The number of nitrogens with zero attached hydrogens (tertiary/aromatic N) is 2. The first-order chi connectivity index (χ1) is 10.1. The van der Waals surface area contributed by atoms with E-state index in [1.807, 2.05) is 4.68 Å². The number of hydrogen-bond donors (Lipinski definition) is 1. The molecule has 0 aromatic carbocycles. The van der Waals surface area contributed by atoms with Crippen LogP contribution in [0.25, 0.3) is 0 Å². The van der Waals surface area contributed by atoms with Crippen LogP contribution in [-0.2, 0) is 7.05 Å². The SMILES string of the molecule is CCCNC(c1c(C)nn(C)c1C)C1CCCC(CC)C1. The maximum atomic E-state index is 4.65. The third kappa shape index (κ3) is 3.68. The van der Waals surface area contributed by atoms with Gasteiger partial charge in [0.2, 0.25) is 0 Å². The van der Waals surface area contributed by atoms with Gasteiger partial charge in [-0.05, 0) is 51.5 Å². The lowest BCUT2D eigenvalue weighted by atomic mass is 9.75. The number of rotatable bonds is 6. The van der Waals surface area contributed by atoms with Crippen LogP contribution in [0.1, 0.15) is 75.4 Å². The summed E-state index contributed by atoms with van der Waals surface area (Å²) in [6.07, 6.45) is 8.10. The van der Waals surface area contributed by atoms with Crippen molar-refractivity contribution < 1.29 is 0 Å². The van der Waals surface area contributed by atoms with Gasteiger partial charge in [0.05, 0.1) is 5.69 Å². The molecule has 1 fully saturated rings. The fourth-order valence-corrected chi connectivity index (χ4v) is 4.05. The van der Waals surface area contributed by atoms with E-state index in [9.17, 15) is 0 Å². The summed E-state index contributed by atoms with van der Waals surface area (Å²) in [7, 11) is 2.07. The Morgan fingerprint density at radius 1 is 1.29 bits per heavy atom. The molecule has 1 aliphatic carbocycles. The van der Waals surface area contributed by atoms with Crippen molar-refractivity contribution in [3.8, 4) is 0 Å². The zero-order valence-corrected chi connectivity index (χ0v) is 14.6. The van der Waals surface area contributed by atoms with Crippen LogP contribution in [0.4, 0.5) is 0 Å². The zero-order chi connectivity index (χ0) is 15.4. The van der Waals surface area contributed by atoms with Crippen molar-refractivity contribution in [2.75, 3.05) is 6.54 Å². The molecule has 1 heterocycles. The minimum absolute atomic E-state index is 0.494. The average Bonchev–Trinajstić information content (AvgIpc) is 2.74. The molecule has 0 bridgehead atoms. The minimum atomic E-state index is 0.494. The molecule has 120 valence electrons. The van der Waals surface area contributed by atoms with Crippen molar-refractivity contribution in [1.29, 1.82) is 0 Å². The van der Waals surface area contributed by atoms with E-state index in [0.29, 0.717) is 6.04 Å². The molecule has 0 spiro atoms. The van der Waals surface area contributed by atoms with Crippen LogP contribution >= 0.6 is 0 Å². The van der Waals surface area contributed by atoms with E-state index in [1.54, 1.807) is 0 Å². The lowest BCUT2D eigenvalue weighted by Crippen LogP contribution is -2.33. The van der Waals surface area contributed by atoms with Gasteiger partial charge in [-0.15, -0.1) is 0 Å². The van der Waals surface area contributed by atoms with Gasteiger partial charge < -0.3 is 5.32 Å². The molecule has 3 atom stereocenters. The fourth-order valence-electron chi connectivity index (χ4n) is 4.05. The number of aromatic nitrogens is 2. The molecule has 0 saturated heterocycles. The summed E-state index contributed by atoms with van der Waals surface area (Å²) in [6, 6.07) is 0.494. The minimum Gasteiger partial charge on any atom is -0.310 e. The Balaban J connectivity index is 2.25. The lowest BCUT2D eigenvalue weighted by molar-refractivity contribution is 0.208. The summed E-state index contributed by atoms with van der Waals surface area (Å²) >= 11 is 0. The van der Waals surface area contributed by atoms with Gasteiger partial charge in [0.25, 0.3) is 0 Å². The van der Waals surface area contributed by atoms with E-state index in [1.165, 1.54) is 55.5 Å². The van der Waals surface area contributed by atoms with Gasteiger partial charge in [0.1, 0.15) is 0 Å². The van der Waals surface area contributed by atoms with E-state index in [0.717, 1.165) is 18.4 Å². The van der Waals surface area contributed by atoms with Gasteiger partial charge in [-0.1, -0.05) is 33.1 Å². The normalized spacial score (nSPS) is 24.2. The van der Waals surface area contributed by atoms with E-state index in [-0.39, 0.29) is 0 Å². The summed E-state index contributed by atoms with van der Waals surface area (Å²) in [5, 5.41) is 8.49. The first-order valence-corrected chi connectivity index (χ1v) is 8.81. The molecule has 1 saturated carbocycles. The molecule has 1 aromatic rings. The number of aryl methyl sites for hydroxylation is 2. The molecule has 0 aliphatic heterocycles. The van der Waals surface area contributed by atoms with Crippen LogP contribution in [-0.4, -0.2) is 16.3 Å². The Kier molecular flexibility index (Phi) is 5.86. The van der Waals surface area contributed by atoms with E-state index in [4.69, 9.17) is 0 Å². The molecule has 1 aromatic heterocycles. The highest BCUT2D eigenvalue weighted by Gasteiger charge is 2.31. The van der Waals surface area contributed by atoms with E-state index < -0.39 is 0 Å². The van der Waals surface area contributed by atoms with Crippen molar-refractivity contribution in [2.45, 2.75) is 72.3 Å². The second-order valence-electron chi connectivity index (χ2n) is 6.84. The Morgan fingerprint density at radius 2 is 2.05 bits per heavy atom. The molecule has 0 radical (unpaired) electrons. The van der Waals surface area contributed by atoms with Gasteiger partial charge in [0, 0.05) is 24.3 Å². The van der Waals surface area contributed by atoms with Crippen molar-refractivity contribution in [1.82, 2.24) is 15.1 Å². The average molecular weight is 291 g/mol. The molecule has 3 nitrogen and oxygen atoms in total. The highest BCUT2D eigenvalue weighted by Crippen LogP contribution is 2.40. The largest absolute Gasteiger partial charge is 0.310 e. The molecule has 2 rings (SSSR count). The first-order valence-electron chi connectivity index (χ1n) is 8.81. The summed E-state index contributed by atoms with van der Waals surface area (Å²) in [4.78, 5) is 0. The topological polar surface area (TPSA) is 29.9 Å². The standard InChI is InChI=1S/C18H33N3/c1-6-11-19-18(16-10-8-9-15(7-2)12-16)17-13(3)20-21(5)14(17)4/h15-16,18-19H,6-12H2,1-5H3. The Labute approximate surface area is 130 Å². The van der Waals surface area contributed by atoms with Gasteiger partial charge in [-0.25, -0.2) is 0 Å². The summed E-state index contributed by atoms with van der Waals surface area (Å²) in [5.41, 5.74) is 4.01. The second-order valence-corrected chi connectivity index (χ2v) is 6.84. The van der Waals surface area contributed by atoms with Crippen LogP contribution in [0.3, 0.4) is 0 Å². The maximum Gasteiger partial charge on any atom is 0.0644 e. The highest BCUT2D eigenvalue weighted by atomic mass is 15.3. The number of hydrogen-bond acceptors (Lipinski definition) is 2. The van der Waals surface area contributed by atoms with Crippen LogP contribution < -0.4 is 5.32 Å². The highest BCUT2D eigenvalue weighted by molar-refractivity contribution is 5.29. The first kappa shape index (κ1) is 16.5. The molecule has 3 heteroatoms. The molecule has 0 amide bonds. The molecule has 21 heavy (non-hydrogen) atoms. The van der Waals surface area contributed by atoms with E-state index in [2.05, 4.69) is 45.2 Å². The zero-order valence-electron chi connectivity index (χ0n) is 14.6. The lowest BCUT2D eigenvalue weighted by Gasteiger charge is -2.35. The van der Waals surface area contributed by atoms with Crippen molar-refractivity contribution in [2.24, 2.45) is 18.9 Å². The van der Waals surface area contributed by atoms with Gasteiger partial charge in [0.15, 0.2) is 0 Å². The monoisotopic (exact) mass is 291 g/mol. The molecule has 1 N–H and O–H groups in total. The smallest absolute Gasteiger partial charge is 0.0644 e. The second kappa shape index (κ2) is 7.44. The quantitative estimate of drug-likeness (QED) is 0.847. The Bertz CT molecular complexity index is 450. The Morgan fingerprint density at radius 3 is 2.62 bits per heavy atom. The third-order valence-electron chi connectivity index (χ3n) is 5.36. The summed E-state index contributed by atoms with van der Waals surface area (Å²) in [6.45, 7) is 10.1. The van der Waals surface area contributed by atoms with Gasteiger partial charge in [-0.2, -0.15) is 5.10 Å². The number of nitrogens with one attached hydrogen (secondary N) is 1. The molecule has 1 aliphatic rings. The van der Waals surface area contributed by atoms with Crippen molar-refractivity contribution in [3.63, 3.8) is 0 Å². The maximum absolute atomic E-state index is 4.65. The predicted molar refractivity (Wildman–Crippen MR) is 89.5 cm³/mol. The van der Waals surface area contributed by atoms with Crippen molar-refractivity contribution >= 4 is 0 Å². The third-order valence-corrected chi connectivity index (χ3v) is 5.36. The summed E-state index contributed by atoms with van der Waals surface area (Å²) < 4.78 is 2.05. The summed E-state index contributed by atoms with van der Waals surface area (Å²) in [5.74, 6) is 1.70. The molecular formula is C18H33N3. The molecular weight excluding hydrogens is 258 g/mol. The van der Waals surface area contributed by atoms with Crippen LogP contribution in [0, 0.1) is 25.7 Å². The Hall–Kier alpha value is -0.830. The van der Waals surface area contributed by atoms with Crippen LogP contribution in [0.5, 0.6) is 0 Å².